The number of aryl methyl sites for hydroxylation is 1. The van der Waals surface area contributed by atoms with E-state index in [0.717, 1.165) is 30.6 Å². The van der Waals surface area contributed by atoms with E-state index in [-0.39, 0.29) is 24.7 Å². The minimum absolute atomic E-state index is 0.108. The van der Waals surface area contributed by atoms with Gasteiger partial charge in [-0.2, -0.15) is 0 Å². The number of nitrogens with one attached hydrogen (secondary N) is 2. The van der Waals surface area contributed by atoms with Gasteiger partial charge < -0.3 is 24.8 Å². The molecule has 0 spiro atoms. The summed E-state index contributed by atoms with van der Waals surface area (Å²) in [6.07, 6.45) is 19.4. The summed E-state index contributed by atoms with van der Waals surface area (Å²) in [5, 5.41) is 5.65. The highest BCUT2D eigenvalue weighted by Crippen LogP contribution is 2.32. The lowest BCUT2D eigenvalue weighted by Gasteiger charge is -2.36. The monoisotopic (exact) mass is 548 g/mol. The fourth-order valence-electron chi connectivity index (χ4n) is 5.17. The number of carbonyl (C=O) groups excluding carboxylic acids is 2. The molecule has 0 saturated carbocycles. The third kappa shape index (κ3) is 13.0. The van der Waals surface area contributed by atoms with Crippen molar-refractivity contribution in [2.45, 2.75) is 129 Å². The number of amides is 2. The van der Waals surface area contributed by atoms with Crippen LogP contribution < -0.4 is 15.2 Å². The molecule has 0 aliphatic carbocycles. The van der Waals surface area contributed by atoms with E-state index in [4.69, 9.17) is 14.2 Å². The number of carbonyl (C=O) groups is 2. The quantitative estimate of drug-likeness (QED) is 0.134. The zero-order chi connectivity index (χ0) is 28.1. The predicted octanol–water partition coefficient (Wildman–Crippen LogP) is 6.54. The van der Waals surface area contributed by atoms with Crippen molar-refractivity contribution in [3.05, 3.63) is 29.6 Å². The zero-order valence-corrected chi connectivity index (χ0v) is 24.8. The molecule has 2 rings (SSSR count). The molecule has 2 N–H and O–H groups in total. The van der Waals surface area contributed by atoms with Crippen molar-refractivity contribution in [1.29, 1.82) is 0 Å². The van der Waals surface area contributed by atoms with Crippen molar-refractivity contribution in [3.63, 3.8) is 0 Å². The first kappa shape index (κ1) is 32.9. The van der Waals surface area contributed by atoms with Gasteiger partial charge in [-0.1, -0.05) is 90.4 Å². The normalized spacial score (nSPS) is 16.4. The second-order valence-electron chi connectivity index (χ2n) is 10.6. The standard InChI is InChI=1S/C31H53N3O5/c1-4-6-7-8-9-10-11-12-13-14-15-16-17-18-21-32-31(36)39-25-29-27(24-38-29)26-20-19-22-34(5-2)28(26)23-33-30(35)37-3/h19-20,22,27,29H,4-18,21,23-25H2,1-3H3,(H-,32,33,35,36)/p+1. The van der Waals surface area contributed by atoms with Gasteiger partial charge in [0, 0.05) is 24.1 Å². The lowest BCUT2D eigenvalue weighted by molar-refractivity contribution is -0.701. The molecule has 1 aliphatic rings. The third-order valence-electron chi connectivity index (χ3n) is 7.66. The maximum atomic E-state index is 12.2. The van der Waals surface area contributed by atoms with E-state index < -0.39 is 6.09 Å². The van der Waals surface area contributed by atoms with Crippen LogP contribution in [0.3, 0.4) is 0 Å². The Morgan fingerprint density at radius 1 is 0.897 bits per heavy atom. The van der Waals surface area contributed by atoms with Gasteiger partial charge in [-0.05, 0) is 19.4 Å². The largest absolute Gasteiger partial charge is 0.453 e. The van der Waals surface area contributed by atoms with Gasteiger partial charge in [0.2, 0.25) is 5.69 Å². The van der Waals surface area contributed by atoms with Crippen molar-refractivity contribution in [2.75, 3.05) is 26.9 Å². The van der Waals surface area contributed by atoms with Crippen molar-refractivity contribution in [3.8, 4) is 0 Å². The van der Waals surface area contributed by atoms with Gasteiger partial charge in [0.1, 0.15) is 25.8 Å². The number of rotatable bonds is 21. The van der Waals surface area contributed by atoms with Crippen LogP contribution in [0.4, 0.5) is 9.59 Å². The van der Waals surface area contributed by atoms with Crippen LogP contribution in [0.5, 0.6) is 0 Å². The maximum absolute atomic E-state index is 12.2. The summed E-state index contributed by atoms with van der Waals surface area (Å²) in [5.41, 5.74) is 2.10. The van der Waals surface area contributed by atoms with Gasteiger partial charge in [0.25, 0.3) is 0 Å². The Balaban J connectivity index is 1.54. The van der Waals surface area contributed by atoms with Crippen molar-refractivity contribution < 1.29 is 28.4 Å². The lowest BCUT2D eigenvalue weighted by atomic mass is 9.88. The molecule has 0 bridgehead atoms. The smallest absolute Gasteiger partial charge is 0.407 e. The molecule has 2 heterocycles. The Kier molecular flexibility index (Phi) is 17.3. The summed E-state index contributed by atoms with van der Waals surface area (Å²) >= 11 is 0. The number of unbranched alkanes of at least 4 members (excludes halogenated alkanes) is 13. The number of nitrogens with zero attached hydrogens (tertiary/aromatic N) is 1. The van der Waals surface area contributed by atoms with E-state index in [1.807, 2.05) is 12.3 Å². The van der Waals surface area contributed by atoms with Crippen LogP contribution >= 0.6 is 0 Å². The highest BCUT2D eigenvalue weighted by Gasteiger charge is 2.38. The summed E-state index contributed by atoms with van der Waals surface area (Å²) in [7, 11) is 1.35. The van der Waals surface area contributed by atoms with Crippen LogP contribution in [0.25, 0.3) is 0 Å². The van der Waals surface area contributed by atoms with Gasteiger partial charge in [-0.3, -0.25) is 0 Å². The van der Waals surface area contributed by atoms with Gasteiger partial charge >= 0.3 is 12.2 Å². The van der Waals surface area contributed by atoms with E-state index >= 15 is 0 Å². The van der Waals surface area contributed by atoms with E-state index in [1.165, 1.54) is 84.2 Å². The molecule has 8 nitrogen and oxygen atoms in total. The highest BCUT2D eigenvalue weighted by atomic mass is 16.6. The number of hydrogen-bond acceptors (Lipinski definition) is 5. The van der Waals surface area contributed by atoms with E-state index in [1.54, 1.807) is 0 Å². The third-order valence-corrected chi connectivity index (χ3v) is 7.66. The molecule has 2 amide bonds. The van der Waals surface area contributed by atoms with Crippen LogP contribution in [-0.4, -0.2) is 45.2 Å². The van der Waals surface area contributed by atoms with E-state index in [2.05, 4.69) is 35.1 Å². The first-order valence-corrected chi connectivity index (χ1v) is 15.5. The molecule has 1 fully saturated rings. The average molecular weight is 549 g/mol. The summed E-state index contributed by atoms with van der Waals surface area (Å²) in [4.78, 5) is 23.8. The highest BCUT2D eigenvalue weighted by molar-refractivity contribution is 5.67. The molecule has 1 saturated heterocycles. The molecule has 39 heavy (non-hydrogen) atoms. The molecule has 8 heteroatoms. The Morgan fingerprint density at radius 3 is 2.05 bits per heavy atom. The van der Waals surface area contributed by atoms with Gasteiger partial charge in [0.15, 0.2) is 6.20 Å². The summed E-state index contributed by atoms with van der Waals surface area (Å²) in [6.45, 7) is 6.89. The number of hydrogen-bond donors (Lipinski definition) is 2. The number of alkyl carbamates (subject to hydrolysis) is 2. The number of aromatic nitrogens is 1. The van der Waals surface area contributed by atoms with Crippen molar-refractivity contribution in [2.24, 2.45) is 0 Å². The molecule has 2 unspecified atom stereocenters. The van der Waals surface area contributed by atoms with Crippen LogP contribution in [0.15, 0.2) is 18.3 Å². The number of ether oxygens (including phenoxy) is 3. The Morgan fingerprint density at radius 2 is 1.51 bits per heavy atom. The van der Waals surface area contributed by atoms with Gasteiger partial charge in [0.05, 0.1) is 13.7 Å². The molecular formula is C31H54N3O5+. The Bertz CT molecular complexity index is 819. The van der Waals surface area contributed by atoms with E-state index in [0.29, 0.717) is 19.7 Å². The van der Waals surface area contributed by atoms with Crippen LogP contribution in [0, 0.1) is 0 Å². The predicted molar refractivity (Wildman–Crippen MR) is 154 cm³/mol. The second-order valence-corrected chi connectivity index (χ2v) is 10.6. The molecule has 222 valence electrons. The number of methoxy groups -OCH3 is 1. The first-order chi connectivity index (χ1) is 19.1. The minimum Gasteiger partial charge on any atom is -0.453 e. The van der Waals surface area contributed by atoms with Gasteiger partial charge in [-0.15, -0.1) is 0 Å². The SMILES string of the molecule is CCCCCCCCCCCCCCCCNC(=O)OCC1OCC1c1ccc[n+](CC)c1CNC(=O)OC. The first-order valence-electron chi connectivity index (χ1n) is 15.5. The van der Waals surface area contributed by atoms with E-state index in [9.17, 15) is 9.59 Å². The second kappa shape index (κ2) is 20.5. The number of pyridine rings is 1. The summed E-state index contributed by atoms with van der Waals surface area (Å²) in [5.74, 6) is 0.108. The summed E-state index contributed by atoms with van der Waals surface area (Å²) < 4.78 is 18.0. The fourth-order valence-corrected chi connectivity index (χ4v) is 5.17. The van der Waals surface area contributed by atoms with Crippen molar-refractivity contribution >= 4 is 12.2 Å². The van der Waals surface area contributed by atoms with Crippen LogP contribution in [0.2, 0.25) is 0 Å². The molecule has 1 aliphatic heterocycles. The molecular weight excluding hydrogens is 494 g/mol. The van der Waals surface area contributed by atoms with Gasteiger partial charge in [-0.25, -0.2) is 14.2 Å². The summed E-state index contributed by atoms with van der Waals surface area (Å²) in [6, 6.07) is 4.05. The molecule has 1 aromatic rings. The molecule has 2 atom stereocenters. The Hall–Kier alpha value is -2.35. The van der Waals surface area contributed by atoms with Crippen LogP contribution in [-0.2, 0) is 27.3 Å². The zero-order valence-electron chi connectivity index (χ0n) is 24.8. The van der Waals surface area contributed by atoms with Crippen LogP contribution in [0.1, 0.15) is 121 Å². The lowest BCUT2D eigenvalue weighted by Crippen LogP contribution is -2.47. The molecule has 1 aromatic heterocycles. The maximum Gasteiger partial charge on any atom is 0.407 e. The molecule has 0 aromatic carbocycles. The fraction of sp³-hybridized carbons (Fsp3) is 0.774. The van der Waals surface area contributed by atoms with Crippen molar-refractivity contribution in [1.82, 2.24) is 10.6 Å². The Labute approximate surface area is 236 Å². The topological polar surface area (TPSA) is 89.8 Å². The average Bonchev–Trinajstić information content (AvgIpc) is 2.93. The minimum atomic E-state index is -0.465. The molecule has 0 radical (unpaired) electrons.